The fourth-order valence-electron chi connectivity index (χ4n) is 2.02. The molecule has 0 aromatic rings. The van der Waals surface area contributed by atoms with Gasteiger partial charge in [0.1, 0.15) is 0 Å². The van der Waals surface area contributed by atoms with E-state index in [1.165, 1.54) is 57.8 Å². The standard InChI is InChI=1S/C15H32O/c1-4-7-8-9-10-11-12-13-15(6-3)16-14-5-2/h15H,4-14H2,1-3H3. The summed E-state index contributed by atoms with van der Waals surface area (Å²) in [6.45, 7) is 7.63. The molecule has 0 aromatic heterocycles. The zero-order chi connectivity index (χ0) is 12.1. The second kappa shape index (κ2) is 13.0. The van der Waals surface area contributed by atoms with Gasteiger partial charge in [0.15, 0.2) is 0 Å². The normalized spacial score (nSPS) is 12.9. The molecule has 0 saturated carbocycles. The van der Waals surface area contributed by atoms with E-state index < -0.39 is 0 Å². The van der Waals surface area contributed by atoms with Crippen LogP contribution in [0, 0.1) is 0 Å². The van der Waals surface area contributed by atoms with Gasteiger partial charge in [0.2, 0.25) is 0 Å². The molecule has 1 nitrogen and oxygen atoms in total. The third kappa shape index (κ3) is 10.5. The fourth-order valence-corrected chi connectivity index (χ4v) is 2.02. The first-order valence-corrected chi connectivity index (χ1v) is 7.46. The molecule has 0 aliphatic heterocycles. The summed E-state index contributed by atoms with van der Waals surface area (Å²) in [5, 5.41) is 0. The van der Waals surface area contributed by atoms with E-state index in [9.17, 15) is 0 Å². The molecule has 1 heteroatoms. The topological polar surface area (TPSA) is 9.23 Å². The highest BCUT2D eigenvalue weighted by Crippen LogP contribution is 2.13. The third-order valence-corrected chi connectivity index (χ3v) is 3.14. The van der Waals surface area contributed by atoms with Gasteiger partial charge < -0.3 is 4.74 Å². The first-order chi connectivity index (χ1) is 7.85. The van der Waals surface area contributed by atoms with E-state index in [4.69, 9.17) is 4.74 Å². The Morgan fingerprint density at radius 2 is 1.38 bits per heavy atom. The predicted molar refractivity (Wildman–Crippen MR) is 72.9 cm³/mol. The zero-order valence-corrected chi connectivity index (χ0v) is 11.8. The molecular formula is C15H32O. The summed E-state index contributed by atoms with van der Waals surface area (Å²) in [6, 6.07) is 0. The van der Waals surface area contributed by atoms with Crippen molar-refractivity contribution in [1.82, 2.24) is 0 Å². The maximum absolute atomic E-state index is 5.79. The maximum Gasteiger partial charge on any atom is 0.0572 e. The third-order valence-electron chi connectivity index (χ3n) is 3.14. The minimum Gasteiger partial charge on any atom is -0.378 e. The first kappa shape index (κ1) is 16.0. The van der Waals surface area contributed by atoms with Crippen molar-refractivity contribution in [2.45, 2.75) is 91.1 Å². The lowest BCUT2D eigenvalue weighted by Crippen LogP contribution is -2.12. The lowest BCUT2D eigenvalue weighted by molar-refractivity contribution is 0.0436. The molecule has 0 N–H and O–H groups in total. The predicted octanol–water partition coefficient (Wildman–Crippen LogP) is 5.33. The molecular weight excluding hydrogens is 196 g/mol. The number of hydrogen-bond donors (Lipinski definition) is 0. The van der Waals surface area contributed by atoms with Gasteiger partial charge in [-0.15, -0.1) is 0 Å². The van der Waals surface area contributed by atoms with Crippen LogP contribution in [0.25, 0.3) is 0 Å². The van der Waals surface area contributed by atoms with Gasteiger partial charge in [-0.2, -0.15) is 0 Å². The Balaban J connectivity index is 3.20. The molecule has 0 radical (unpaired) electrons. The largest absolute Gasteiger partial charge is 0.378 e. The Bertz CT molecular complexity index is 123. The van der Waals surface area contributed by atoms with Crippen LogP contribution in [0.4, 0.5) is 0 Å². The number of unbranched alkanes of at least 4 members (excludes halogenated alkanes) is 6. The summed E-state index contributed by atoms with van der Waals surface area (Å²) >= 11 is 0. The van der Waals surface area contributed by atoms with E-state index >= 15 is 0 Å². The highest BCUT2D eigenvalue weighted by Gasteiger charge is 2.04. The molecule has 1 unspecified atom stereocenters. The average molecular weight is 228 g/mol. The monoisotopic (exact) mass is 228 g/mol. The van der Waals surface area contributed by atoms with E-state index in [1.807, 2.05) is 0 Å². The van der Waals surface area contributed by atoms with Crippen LogP contribution >= 0.6 is 0 Å². The fraction of sp³-hybridized carbons (Fsp3) is 1.00. The maximum atomic E-state index is 5.79. The molecule has 98 valence electrons. The van der Waals surface area contributed by atoms with Gasteiger partial charge in [-0.1, -0.05) is 65.7 Å². The van der Waals surface area contributed by atoms with Gasteiger partial charge in [-0.25, -0.2) is 0 Å². The number of hydrogen-bond acceptors (Lipinski definition) is 1. The highest BCUT2D eigenvalue weighted by atomic mass is 16.5. The van der Waals surface area contributed by atoms with E-state index in [-0.39, 0.29) is 0 Å². The second-order valence-electron chi connectivity index (χ2n) is 4.81. The summed E-state index contributed by atoms with van der Waals surface area (Å²) in [5.74, 6) is 0. The van der Waals surface area contributed by atoms with Gasteiger partial charge in [0.25, 0.3) is 0 Å². The van der Waals surface area contributed by atoms with Gasteiger partial charge in [0.05, 0.1) is 6.10 Å². The minimum atomic E-state index is 0.524. The molecule has 0 rings (SSSR count). The smallest absolute Gasteiger partial charge is 0.0572 e. The molecule has 0 aromatic carbocycles. The van der Waals surface area contributed by atoms with Crippen molar-refractivity contribution in [1.29, 1.82) is 0 Å². The van der Waals surface area contributed by atoms with Gasteiger partial charge >= 0.3 is 0 Å². The molecule has 0 saturated heterocycles. The van der Waals surface area contributed by atoms with Crippen LogP contribution < -0.4 is 0 Å². The first-order valence-electron chi connectivity index (χ1n) is 7.46. The van der Waals surface area contributed by atoms with Crippen molar-refractivity contribution in [3.63, 3.8) is 0 Å². The van der Waals surface area contributed by atoms with Crippen LogP contribution in [0.3, 0.4) is 0 Å². The Morgan fingerprint density at radius 3 is 1.94 bits per heavy atom. The van der Waals surface area contributed by atoms with Crippen LogP contribution in [-0.4, -0.2) is 12.7 Å². The zero-order valence-electron chi connectivity index (χ0n) is 11.8. The van der Waals surface area contributed by atoms with Crippen molar-refractivity contribution in [2.24, 2.45) is 0 Å². The van der Waals surface area contributed by atoms with Crippen molar-refractivity contribution in [2.75, 3.05) is 6.61 Å². The van der Waals surface area contributed by atoms with Crippen molar-refractivity contribution >= 4 is 0 Å². The Morgan fingerprint density at radius 1 is 0.750 bits per heavy atom. The molecule has 0 aliphatic carbocycles. The van der Waals surface area contributed by atoms with E-state index in [0.717, 1.165) is 13.0 Å². The quantitative estimate of drug-likeness (QED) is 0.410. The van der Waals surface area contributed by atoms with Crippen LogP contribution in [0.2, 0.25) is 0 Å². The minimum absolute atomic E-state index is 0.524. The average Bonchev–Trinajstić information content (AvgIpc) is 2.32. The van der Waals surface area contributed by atoms with E-state index in [2.05, 4.69) is 20.8 Å². The molecule has 16 heavy (non-hydrogen) atoms. The molecule has 0 fully saturated rings. The summed E-state index contributed by atoms with van der Waals surface area (Å²) in [6.07, 6.45) is 13.9. The molecule has 0 bridgehead atoms. The van der Waals surface area contributed by atoms with Gasteiger partial charge in [-0.3, -0.25) is 0 Å². The van der Waals surface area contributed by atoms with Gasteiger partial charge in [-0.05, 0) is 19.3 Å². The molecule has 0 heterocycles. The van der Waals surface area contributed by atoms with Crippen molar-refractivity contribution in [3.05, 3.63) is 0 Å². The van der Waals surface area contributed by atoms with Gasteiger partial charge in [0, 0.05) is 6.61 Å². The van der Waals surface area contributed by atoms with Crippen LogP contribution in [0.15, 0.2) is 0 Å². The van der Waals surface area contributed by atoms with Crippen molar-refractivity contribution in [3.8, 4) is 0 Å². The van der Waals surface area contributed by atoms with Crippen LogP contribution in [0.5, 0.6) is 0 Å². The van der Waals surface area contributed by atoms with Crippen LogP contribution in [-0.2, 0) is 4.74 Å². The van der Waals surface area contributed by atoms with Crippen molar-refractivity contribution < 1.29 is 4.74 Å². The highest BCUT2D eigenvalue weighted by molar-refractivity contribution is 4.56. The Labute approximate surface area is 103 Å². The molecule has 0 aliphatic rings. The summed E-state index contributed by atoms with van der Waals surface area (Å²) in [5.41, 5.74) is 0. The number of ether oxygens (including phenoxy) is 1. The van der Waals surface area contributed by atoms with E-state index in [0.29, 0.717) is 6.10 Å². The lowest BCUT2D eigenvalue weighted by Gasteiger charge is -2.15. The van der Waals surface area contributed by atoms with Crippen LogP contribution in [0.1, 0.15) is 85.0 Å². The summed E-state index contributed by atoms with van der Waals surface area (Å²) in [4.78, 5) is 0. The Hall–Kier alpha value is -0.0400. The molecule has 1 atom stereocenters. The number of rotatable bonds is 12. The summed E-state index contributed by atoms with van der Waals surface area (Å²) < 4.78 is 5.79. The molecule has 0 spiro atoms. The second-order valence-corrected chi connectivity index (χ2v) is 4.81. The summed E-state index contributed by atoms with van der Waals surface area (Å²) in [7, 11) is 0. The molecule has 0 amide bonds. The SMILES string of the molecule is CCCCCCCCCC(CC)OCCC. The Kier molecular flexibility index (Phi) is 13.0. The van der Waals surface area contributed by atoms with E-state index in [1.54, 1.807) is 0 Å². The lowest BCUT2D eigenvalue weighted by atomic mass is 10.1.